The first-order valence-electron chi connectivity index (χ1n) is 5.26. The summed E-state index contributed by atoms with van der Waals surface area (Å²) >= 11 is 0. The maximum atomic E-state index is 11.2. The second-order valence-electron chi connectivity index (χ2n) is 3.77. The van der Waals surface area contributed by atoms with Crippen LogP contribution in [0.1, 0.15) is 18.9 Å². The molecule has 0 aliphatic heterocycles. The molecule has 3 N–H and O–H groups in total. The fourth-order valence-corrected chi connectivity index (χ4v) is 1.22. The van der Waals surface area contributed by atoms with Crippen LogP contribution in [0.2, 0.25) is 0 Å². The Kier molecular flexibility index (Phi) is 4.79. The van der Waals surface area contributed by atoms with Crippen molar-refractivity contribution in [3.8, 4) is 0 Å². The summed E-state index contributed by atoms with van der Waals surface area (Å²) in [6.45, 7) is 1.63. The molecule has 0 aromatic heterocycles. The van der Waals surface area contributed by atoms with Crippen LogP contribution >= 0.6 is 0 Å². The number of benzene rings is 1. The lowest BCUT2D eigenvalue weighted by molar-refractivity contribution is -0.146. The van der Waals surface area contributed by atoms with Crippen molar-refractivity contribution in [3.63, 3.8) is 0 Å². The number of carbonyl (C=O) groups excluding carboxylic acids is 1. The van der Waals surface area contributed by atoms with Crippen LogP contribution in [0.5, 0.6) is 0 Å². The average molecular weight is 223 g/mol. The molecule has 1 unspecified atom stereocenters. The molecule has 0 bridgehead atoms. The van der Waals surface area contributed by atoms with Crippen molar-refractivity contribution < 1.29 is 14.6 Å². The van der Waals surface area contributed by atoms with Crippen LogP contribution < -0.4 is 5.73 Å². The first-order valence-corrected chi connectivity index (χ1v) is 5.26. The summed E-state index contributed by atoms with van der Waals surface area (Å²) in [4.78, 5) is 11.2. The molecule has 16 heavy (non-hydrogen) atoms. The number of rotatable bonds is 5. The summed E-state index contributed by atoms with van der Waals surface area (Å²) in [6, 6.07) is 7.38. The third-order valence-corrected chi connectivity index (χ3v) is 2.08. The Morgan fingerprint density at radius 2 is 2.06 bits per heavy atom. The normalized spacial score (nSPS) is 12.1. The van der Waals surface area contributed by atoms with Gasteiger partial charge in [-0.1, -0.05) is 12.1 Å². The lowest BCUT2D eigenvalue weighted by Gasteiger charge is -2.06. The number of aliphatic hydroxyl groups is 1. The van der Waals surface area contributed by atoms with Gasteiger partial charge in [0.15, 0.2) is 0 Å². The number of nitrogen functional groups attached to an aromatic ring is 1. The van der Waals surface area contributed by atoms with E-state index in [4.69, 9.17) is 15.6 Å². The molecule has 4 nitrogen and oxygen atoms in total. The maximum Gasteiger partial charge on any atom is 0.306 e. The molecule has 1 atom stereocenters. The highest BCUT2D eigenvalue weighted by molar-refractivity contribution is 5.69. The maximum absolute atomic E-state index is 11.2. The van der Waals surface area contributed by atoms with Crippen molar-refractivity contribution in [3.05, 3.63) is 29.8 Å². The summed E-state index contributed by atoms with van der Waals surface area (Å²) in [5.41, 5.74) is 7.30. The van der Waals surface area contributed by atoms with E-state index in [1.807, 2.05) is 12.1 Å². The highest BCUT2D eigenvalue weighted by Crippen LogP contribution is 2.08. The number of hydrogen-bond donors (Lipinski definition) is 2. The van der Waals surface area contributed by atoms with Gasteiger partial charge in [0.2, 0.25) is 0 Å². The van der Waals surface area contributed by atoms with E-state index >= 15 is 0 Å². The first kappa shape index (κ1) is 12.5. The predicted molar refractivity (Wildman–Crippen MR) is 61.8 cm³/mol. The van der Waals surface area contributed by atoms with E-state index < -0.39 is 6.10 Å². The molecule has 0 amide bonds. The zero-order valence-electron chi connectivity index (χ0n) is 9.35. The number of aryl methyl sites for hydroxylation is 1. The Bertz CT molecular complexity index is 333. The number of aliphatic hydroxyl groups excluding tert-OH is 1. The molecular weight excluding hydrogens is 206 g/mol. The summed E-state index contributed by atoms with van der Waals surface area (Å²) < 4.78 is 4.84. The van der Waals surface area contributed by atoms with Gasteiger partial charge in [0.1, 0.15) is 6.61 Å². The Labute approximate surface area is 95.0 Å². The predicted octanol–water partition coefficient (Wildman–Crippen LogP) is 1.13. The van der Waals surface area contributed by atoms with Crippen molar-refractivity contribution in [2.45, 2.75) is 25.9 Å². The summed E-state index contributed by atoms with van der Waals surface area (Å²) in [6.07, 6.45) is 0.329. The van der Waals surface area contributed by atoms with Gasteiger partial charge in [-0.05, 0) is 31.0 Å². The average Bonchev–Trinajstić information content (AvgIpc) is 2.25. The highest BCUT2D eigenvalue weighted by atomic mass is 16.5. The molecule has 4 heteroatoms. The minimum absolute atomic E-state index is 0.0561. The highest BCUT2D eigenvalue weighted by Gasteiger charge is 2.05. The minimum Gasteiger partial charge on any atom is -0.463 e. The Hall–Kier alpha value is -1.55. The SMILES string of the molecule is CC(O)COC(=O)CCc1ccc(N)cc1. The van der Waals surface area contributed by atoms with E-state index in [9.17, 15) is 4.79 Å². The molecule has 1 rings (SSSR count). The van der Waals surface area contributed by atoms with Gasteiger partial charge < -0.3 is 15.6 Å². The fraction of sp³-hybridized carbons (Fsp3) is 0.417. The molecule has 0 saturated heterocycles. The largest absolute Gasteiger partial charge is 0.463 e. The van der Waals surface area contributed by atoms with Gasteiger partial charge in [0.05, 0.1) is 6.10 Å². The fourth-order valence-electron chi connectivity index (χ4n) is 1.22. The molecule has 88 valence electrons. The van der Waals surface area contributed by atoms with Gasteiger partial charge in [-0.2, -0.15) is 0 Å². The topological polar surface area (TPSA) is 72.5 Å². The minimum atomic E-state index is -0.611. The number of ether oxygens (including phenoxy) is 1. The molecule has 0 aliphatic rings. The Morgan fingerprint density at radius 1 is 1.44 bits per heavy atom. The van der Waals surface area contributed by atoms with Crippen LogP contribution in [0.25, 0.3) is 0 Å². The lowest BCUT2D eigenvalue weighted by Crippen LogP contribution is -2.15. The van der Waals surface area contributed by atoms with Gasteiger partial charge in [0.25, 0.3) is 0 Å². The molecule has 0 saturated carbocycles. The third-order valence-electron chi connectivity index (χ3n) is 2.08. The van der Waals surface area contributed by atoms with E-state index in [-0.39, 0.29) is 12.6 Å². The van der Waals surface area contributed by atoms with Crippen LogP contribution in [0.15, 0.2) is 24.3 Å². The van der Waals surface area contributed by atoms with E-state index in [1.54, 1.807) is 19.1 Å². The number of anilines is 1. The number of hydrogen-bond acceptors (Lipinski definition) is 4. The van der Waals surface area contributed by atoms with Crippen molar-refractivity contribution in [2.24, 2.45) is 0 Å². The Balaban J connectivity index is 2.29. The van der Waals surface area contributed by atoms with Crippen molar-refractivity contribution in [2.75, 3.05) is 12.3 Å². The van der Waals surface area contributed by atoms with Crippen LogP contribution in [0, 0.1) is 0 Å². The number of carbonyl (C=O) groups is 1. The number of esters is 1. The molecule has 1 aromatic rings. The van der Waals surface area contributed by atoms with E-state index in [0.29, 0.717) is 18.5 Å². The molecule has 1 aromatic carbocycles. The van der Waals surface area contributed by atoms with Gasteiger partial charge in [-0.25, -0.2) is 0 Å². The second kappa shape index (κ2) is 6.12. The van der Waals surface area contributed by atoms with E-state index in [2.05, 4.69) is 0 Å². The van der Waals surface area contributed by atoms with Gasteiger partial charge in [-0.3, -0.25) is 4.79 Å². The van der Waals surface area contributed by atoms with Crippen LogP contribution in [0.4, 0.5) is 5.69 Å². The third kappa shape index (κ3) is 4.79. The quantitative estimate of drug-likeness (QED) is 0.579. The van der Waals surface area contributed by atoms with Crippen LogP contribution in [-0.2, 0) is 16.0 Å². The van der Waals surface area contributed by atoms with Crippen molar-refractivity contribution in [1.29, 1.82) is 0 Å². The number of nitrogens with two attached hydrogens (primary N) is 1. The zero-order chi connectivity index (χ0) is 12.0. The molecule has 0 radical (unpaired) electrons. The monoisotopic (exact) mass is 223 g/mol. The van der Waals surface area contributed by atoms with Crippen molar-refractivity contribution in [1.82, 2.24) is 0 Å². The molecule has 0 aliphatic carbocycles. The van der Waals surface area contributed by atoms with E-state index in [0.717, 1.165) is 5.56 Å². The lowest BCUT2D eigenvalue weighted by atomic mass is 10.1. The van der Waals surface area contributed by atoms with E-state index in [1.165, 1.54) is 0 Å². The van der Waals surface area contributed by atoms with Crippen LogP contribution in [-0.4, -0.2) is 23.8 Å². The standard InChI is InChI=1S/C12H17NO3/c1-9(14)8-16-12(15)7-4-10-2-5-11(13)6-3-10/h2-3,5-6,9,14H,4,7-8,13H2,1H3. The Morgan fingerprint density at radius 3 is 2.62 bits per heavy atom. The summed E-state index contributed by atoms with van der Waals surface area (Å²) in [5, 5.41) is 8.93. The molecular formula is C12H17NO3. The summed E-state index contributed by atoms with van der Waals surface area (Å²) in [5.74, 6) is -0.294. The van der Waals surface area contributed by atoms with Gasteiger partial charge in [-0.15, -0.1) is 0 Å². The van der Waals surface area contributed by atoms with Crippen LogP contribution in [0.3, 0.4) is 0 Å². The van der Waals surface area contributed by atoms with Gasteiger partial charge >= 0.3 is 5.97 Å². The second-order valence-corrected chi connectivity index (χ2v) is 3.77. The van der Waals surface area contributed by atoms with Crippen molar-refractivity contribution >= 4 is 11.7 Å². The van der Waals surface area contributed by atoms with Gasteiger partial charge in [0, 0.05) is 12.1 Å². The summed E-state index contributed by atoms with van der Waals surface area (Å²) in [7, 11) is 0. The molecule has 0 spiro atoms. The smallest absolute Gasteiger partial charge is 0.306 e. The molecule has 0 fully saturated rings. The first-order chi connectivity index (χ1) is 7.58. The zero-order valence-corrected chi connectivity index (χ0v) is 9.35. The molecule has 0 heterocycles.